The number of aromatic hydroxyl groups is 1. The summed E-state index contributed by atoms with van der Waals surface area (Å²) in [7, 11) is 0. The molecule has 0 aliphatic heterocycles. The number of hydrogen-bond acceptors (Lipinski definition) is 4. The zero-order chi connectivity index (χ0) is 10.1. The van der Waals surface area contributed by atoms with Gasteiger partial charge in [-0.05, 0) is 19.1 Å². The van der Waals surface area contributed by atoms with Crippen molar-refractivity contribution >= 4 is 16.3 Å². The molecule has 1 aromatic heterocycles. The Bertz CT molecular complexity index is 465. The first-order valence-electron chi connectivity index (χ1n) is 4.19. The molecule has 0 fully saturated rings. The van der Waals surface area contributed by atoms with Crippen molar-refractivity contribution in [3.8, 4) is 17.0 Å². The topological polar surface area (TPSA) is 59.1 Å². The predicted octanol–water partition coefficient (Wildman–Crippen LogP) is 2.41. The Kier molecular flexibility index (Phi) is 2.13. The fourth-order valence-electron chi connectivity index (χ4n) is 1.30. The molecule has 0 atom stereocenters. The van der Waals surface area contributed by atoms with Crippen LogP contribution in [-0.4, -0.2) is 10.1 Å². The first kappa shape index (κ1) is 9.02. The van der Waals surface area contributed by atoms with Crippen molar-refractivity contribution in [2.45, 2.75) is 6.92 Å². The molecule has 3 nitrogen and oxygen atoms in total. The highest BCUT2D eigenvalue weighted by Gasteiger charge is 2.08. The molecule has 0 radical (unpaired) electrons. The van der Waals surface area contributed by atoms with Crippen LogP contribution in [0, 0.1) is 6.92 Å². The lowest BCUT2D eigenvalue weighted by molar-refractivity contribution is 0.475. The summed E-state index contributed by atoms with van der Waals surface area (Å²) in [6.45, 7) is 1.91. The normalized spacial score (nSPS) is 10.4. The number of phenolic OH excluding ortho intramolecular Hbond substituents is 1. The number of aryl methyl sites for hydroxylation is 1. The summed E-state index contributed by atoms with van der Waals surface area (Å²) in [5.74, 6) is 0.229. The van der Waals surface area contributed by atoms with Crippen LogP contribution in [0.5, 0.6) is 5.75 Å². The zero-order valence-electron chi connectivity index (χ0n) is 7.69. The van der Waals surface area contributed by atoms with Gasteiger partial charge >= 0.3 is 0 Å². The van der Waals surface area contributed by atoms with E-state index in [1.54, 1.807) is 18.2 Å². The van der Waals surface area contributed by atoms with E-state index in [1.165, 1.54) is 11.3 Å². The highest BCUT2D eigenvalue weighted by Crippen LogP contribution is 2.31. The van der Waals surface area contributed by atoms with E-state index in [0.29, 0.717) is 5.00 Å². The number of hydrogen-bond donors (Lipinski definition) is 2. The molecule has 0 aliphatic rings. The van der Waals surface area contributed by atoms with Crippen LogP contribution < -0.4 is 5.73 Å². The average Bonchev–Trinajstić information content (AvgIpc) is 2.45. The van der Waals surface area contributed by atoms with Gasteiger partial charge in [0.1, 0.15) is 16.4 Å². The number of aromatic nitrogens is 1. The highest BCUT2D eigenvalue weighted by atomic mass is 32.1. The molecule has 0 aliphatic carbocycles. The summed E-state index contributed by atoms with van der Waals surface area (Å²) >= 11 is 1.45. The maximum absolute atomic E-state index is 9.31. The van der Waals surface area contributed by atoms with Gasteiger partial charge in [-0.15, -0.1) is 11.3 Å². The van der Waals surface area contributed by atoms with E-state index in [0.717, 1.165) is 16.3 Å². The number of benzene rings is 1. The Balaban J connectivity index is 2.54. The van der Waals surface area contributed by atoms with Crippen LogP contribution in [0.4, 0.5) is 5.00 Å². The number of phenols is 1. The lowest BCUT2D eigenvalue weighted by Crippen LogP contribution is -1.85. The molecule has 0 saturated heterocycles. The molecule has 1 aromatic carbocycles. The monoisotopic (exact) mass is 206 g/mol. The second kappa shape index (κ2) is 3.31. The molecule has 3 N–H and O–H groups in total. The largest absolute Gasteiger partial charge is 0.508 e. The summed E-state index contributed by atoms with van der Waals surface area (Å²) in [5, 5.41) is 10.9. The third-order valence-corrected chi connectivity index (χ3v) is 2.68. The van der Waals surface area contributed by atoms with Crippen molar-refractivity contribution in [3.05, 3.63) is 29.3 Å². The smallest absolute Gasteiger partial charge is 0.116 e. The minimum atomic E-state index is 0.229. The van der Waals surface area contributed by atoms with Crippen molar-refractivity contribution in [1.29, 1.82) is 0 Å². The van der Waals surface area contributed by atoms with Crippen LogP contribution in [-0.2, 0) is 0 Å². The number of anilines is 1. The second-order valence-electron chi connectivity index (χ2n) is 3.00. The number of nitrogens with zero attached hydrogens (tertiary/aromatic N) is 1. The lowest BCUT2D eigenvalue weighted by atomic mass is 10.1. The highest BCUT2D eigenvalue weighted by molar-refractivity contribution is 7.16. The van der Waals surface area contributed by atoms with Gasteiger partial charge in [0, 0.05) is 5.56 Å². The van der Waals surface area contributed by atoms with E-state index in [-0.39, 0.29) is 5.75 Å². The minimum Gasteiger partial charge on any atom is -0.508 e. The molecule has 4 heteroatoms. The maximum Gasteiger partial charge on any atom is 0.116 e. The van der Waals surface area contributed by atoms with Crippen LogP contribution in [0.15, 0.2) is 24.3 Å². The summed E-state index contributed by atoms with van der Waals surface area (Å²) in [6, 6.07) is 6.94. The van der Waals surface area contributed by atoms with Crippen molar-refractivity contribution in [3.63, 3.8) is 0 Å². The van der Waals surface area contributed by atoms with Crippen molar-refractivity contribution in [2.75, 3.05) is 5.73 Å². The zero-order valence-corrected chi connectivity index (χ0v) is 8.51. The van der Waals surface area contributed by atoms with Crippen LogP contribution >= 0.6 is 11.3 Å². The van der Waals surface area contributed by atoms with Crippen molar-refractivity contribution < 1.29 is 5.11 Å². The van der Waals surface area contributed by atoms with Gasteiger partial charge in [0.2, 0.25) is 0 Å². The first-order chi connectivity index (χ1) is 6.66. The van der Waals surface area contributed by atoms with E-state index in [9.17, 15) is 5.11 Å². The third kappa shape index (κ3) is 1.56. The molecule has 0 spiro atoms. The molecule has 0 saturated carbocycles. The van der Waals surface area contributed by atoms with Crippen LogP contribution in [0.1, 0.15) is 5.01 Å². The Morgan fingerprint density at radius 2 is 2.21 bits per heavy atom. The summed E-state index contributed by atoms with van der Waals surface area (Å²) in [4.78, 5) is 4.30. The number of thiazole rings is 1. The Labute approximate surface area is 85.8 Å². The van der Waals surface area contributed by atoms with Crippen molar-refractivity contribution in [2.24, 2.45) is 0 Å². The second-order valence-corrected chi connectivity index (χ2v) is 4.23. The molecule has 14 heavy (non-hydrogen) atoms. The molecule has 0 unspecified atom stereocenters. The molecule has 0 amide bonds. The molecule has 0 bridgehead atoms. The van der Waals surface area contributed by atoms with Gasteiger partial charge in [-0.3, -0.25) is 0 Å². The molecule has 72 valence electrons. The molecule has 2 rings (SSSR count). The summed E-state index contributed by atoms with van der Waals surface area (Å²) < 4.78 is 0. The van der Waals surface area contributed by atoms with E-state index in [4.69, 9.17) is 5.73 Å². The van der Waals surface area contributed by atoms with Crippen LogP contribution in [0.3, 0.4) is 0 Å². The van der Waals surface area contributed by atoms with Gasteiger partial charge in [0.05, 0.1) is 5.01 Å². The van der Waals surface area contributed by atoms with Gasteiger partial charge in [-0.1, -0.05) is 12.1 Å². The van der Waals surface area contributed by atoms with E-state index >= 15 is 0 Å². The van der Waals surface area contributed by atoms with Crippen LogP contribution in [0.25, 0.3) is 11.3 Å². The Hall–Kier alpha value is -1.55. The minimum absolute atomic E-state index is 0.229. The van der Waals surface area contributed by atoms with E-state index in [1.807, 2.05) is 13.0 Å². The van der Waals surface area contributed by atoms with Gasteiger partial charge < -0.3 is 10.8 Å². The number of nitrogen functional groups attached to an aromatic ring is 1. The first-order valence-corrected chi connectivity index (χ1v) is 5.01. The van der Waals surface area contributed by atoms with Crippen molar-refractivity contribution in [1.82, 2.24) is 4.98 Å². The Morgan fingerprint density at radius 1 is 1.43 bits per heavy atom. The fraction of sp³-hybridized carbons (Fsp3) is 0.100. The van der Waals surface area contributed by atoms with Crippen LogP contribution in [0.2, 0.25) is 0 Å². The SMILES string of the molecule is Cc1nc(-c2cccc(O)c2)c(N)s1. The maximum atomic E-state index is 9.31. The lowest BCUT2D eigenvalue weighted by Gasteiger charge is -1.98. The molecule has 2 aromatic rings. The van der Waals surface area contributed by atoms with Gasteiger partial charge in [0.25, 0.3) is 0 Å². The van der Waals surface area contributed by atoms with Gasteiger partial charge in [0.15, 0.2) is 0 Å². The quantitative estimate of drug-likeness (QED) is 0.753. The Morgan fingerprint density at radius 3 is 2.79 bits per heavy atom. The predicted molar refractivity (Wildman–Crippen MR) is 58.4 cm³/mol. The number of rotatable bonds is 1. The molecular formula is C10H10N2OS. The summed E-state index contributed by atoms with van der Waals surface area (Å²) in [6.07, 6.45) is 0. The van der Waals surface area contributed by atoms with Gasteiger partial charge in [-0.25, -0.2) is 4.98 Å². The summed E-state index contributed by atoms with van der Waals surface area (Å²) in [5.41, 5.74) is 7.40. The standard InChI is InChI=1S/C10H10N2OS/c1-6-12-9(10(11)14-6)7-3-2-4-8(13)5-7/h2-5,13H,11H2,1H3. The average molecular weight is 206 g/mol. The van der Waals surface area contributed by atoms with Gasteiger partial charge in [-0.2, -0.15) is 0 Å². The van der Waals surface area contributed by atoms with E-state index < -0.39 is 0 Å². The third-order valence-electron chi connectivity index (χ3n) is 1.88. The molecular weight excluding hydrogens is 196 g/mol. The molecule has 1 heterocycles. The van der Waals surface area contributed by atoms with E-state index in [2.05, 4.69) is 4.98 Å². The fourth-order valence-corrected chi connectivity index (χ4v) is 2.02. The number of nitrogens with two attached hydrogens (primary N) is 1.